The van der Waals surface area contributed by atoms with Gasteiger partial charge in [-0.3, -0.25) is 0 Å². The molecule has 0 saturated carbocycles. The minimum absolute atomic E-state index is 0.204. The summed E-state index contributed by atoms with van der Waals surface area (Å²) in [7, 11) is 0. The van der Waals surface area contributed by atoms with Crippen molar-refractivity contribution in [1.82, 2.24) is 24.7 Å². The third kappa shape index (κ3) is 2.89. The molecule has 2 heterocycles. The molecule has 0 radical (unpaired) electrons. The van der Waals surface area contributed by atoms with Crippen molar-refractivity contribution in [3.63, 3.8) is 0 Å². The summed E-state index contributed by atoms with van der Waals surface area (Å²) in [6.45, 7) is 3.78. The van der Waals surface area contributed by atoms with E-state index in [2.05, 4.69) is 20.1 Å². The molecule has 0 aliphatic rings. The molecule has 0 aliphatic carbocycles. The van der Waals surface area contributed by atoms with E-state index >= 15 is 0 Å². The molecule has 0 saturated heterocycles. The number of rotatable bonds is 2. The third-order valence-corrected chi connectivity index (χ3v) is 3.29. The van der Waals surface area contributed by atoms with E-state index in [4.69, 9.17) is 23.2 Å². The van der Waals surface area contributed by atoms with E-state index < -0.39 is 0 Å². The Hall–Kier alpha value is -1.98. The summed E-state index contributed by atoms with van der Waals surface area (Å²) < 4.78 is 1.41. The summed E-state index contributed by atoms with van der Waals surface area (Å²) in [6, 6.07) is 9.15. The van der Waals surface area contributed by atoms with Gasteiger partial charge in [0.15, 0.2) is 5.82 Å². The fourth-order valence-corrected chi connectivity index (χ4v) is 2.36. The maximum absolute atomic E-state index is 6.15. The summed E-state index contributed by atoms with van der Waals surface area (Å²) in [4.78, 5) is 12.9. The molecule has 1 aromatic carbocycles. The van der Waals surface area contributed by atoms with E-state index in [1.807, 2.05) is 32.0 Å². The summed E-state index contributed by atoms with van der Waals surface area (Å²) >= 11 is 12.1. The van der Waals surface area contributed by atoms with Crippen LogP contribution in [0.4, 0.5) is 0 Å². The van der Waals surface area contributed by atoms with Crippen LogP contribution in [0.2, 0.25) is 10.3 Å². The van der Waals surface area contributed by atoms with Crippen LogP contribution in [0.15, 0.2) is 30.3 Å². The molecule has 0 unspecified atom stereocenters. The first-order chi connectivity index (χ1) is 10.0. The van der Waals surface area contributed by atoms with Crippen molar-refractivity contribution < 1.29 is 0 Å². The fraction of sp³-hybridized carbons (Fsp3) is 0.143. The van der Waals surface area contributed by atoms with Gasteiger partial charge in [0.05, 0.1) is 0 Å². The van der Waals surface area contributed by atoms with Crippen LogP contribution in [0.3, 0.4) is 0 Å². The number of hydrogen-bond donors (Lipinski definition) is 0. The minimum atomic E-state index is 0.204. The zero-order valence-electron chi connectivity index (χ0n) is 11.4. The van der Waals surface area contributed by atoms with Crippen LogP contribution in [0, 0.1) is 13.8 Å². The SMILES string of the molecule is Cc1cc(C)nc(-n2nc(-c3cccc(Cl)c3)nc2Cl)n1. The minimum Gasteiger partial charge on any atom is -0.216 e. The van der Waals surface area contributed by atoms with Crippen molar-refractivity contribution in [2.75, 3.05) is 0 Å². The van der Waals surface area contributed by atoms with Crippen LogP contribution < -0.4 is 0 Å². The lowest BCUT2D eigenvalue weighted by atomic mass is 10.2. The Balaban J connectivity index is 2.09. The van der Waals surface area contributed by atoms with E-state index in [1.165, 1.54) is 4.68 Å². The lowest BCUT2D eigenvalue weighted by molar-refractivity contribution is 0.795. The highest BCUT2D eigenvalue weighted by Crippen LogP contribution is 2.22. The zero-order valence-corrected chi connectivity index (χ0v) is 12.9. The quantitative estimate of drug-likeness (QED) is 0.723. The zero-order chi connectivity index (χ0) is 15.0. The van der Waals surface area contributed by atoms with Crippen LogP contribution in [-0.4, -0.2) is 24.7 Å². The van der Waals surface area contributed by atoms with Crippen molar-refractivity contribution in [1.29, 1.82) is 0 Å². The summed E-state index contributed by atoms with van der Waals surface area (Å²) in [5.41, 5.74) is 2.47. The third-order valence-electron chi connectivity index (χ3n) is 2.81. The highest BCUT2D eigenvalue weighted by molar-refractivity contribution is 6.31. The molecular weight excluding hydrogens is 309 g/mol. The first kappa shape index (κ1) is 14.0. The van der Waals surface area contributed by atoms with Crippen LogP contribution >= 0.6 is 23.2 Å². The molecule has 0 amide bonds. The number of aromatic nitrogens is 5. The molecule has 0 spiro atoms. The Morgan fingerprint density at radius 3 is 2.33 bits per heavy atom. The molecule has 0 bridgehead atoms. The lowest BCUT2D eigenvalue weighted by Gasteiger charge is -2.02. The predicted molar refractivity (Wildman–Crippen MR) is 81.9 cm³/mol. The second-order valence-electron chi connectivity index (χ2n) is 4.58. The molecule has 0 aliphatic heterocycles. The standard InChI is InChI=1S/C14H11Cl2N5/c1-8-6-9(2)18-14(17-8)21-13(16)19-12(20-21)10-4-3-5-11(15)7-10/h3-7H,1-2H3. The molecule has 106 valence electrons. The number of aryl methyl sites for hydroxylation is 2. The molecule has 0 fully saturated rings. The molecule has 0 atom stereocenters. The van der Waals surface area contributed by atoms with Gasteiger partial charge in [0.2, 0.25) is 5.28 Å². The molecule has 3 rings (SSSR count). The Kier molecular flexibility index (Phi) is 3.61. The van der Waals surface area contributed by atoms with Crippen molar-refractivity contribution in [3.05, 3.63) is 52.0 Å². The smallest absolute Gasteiger partial charge is 0.216 e. The average Bonchev–Trinajstić information content (AvgIpc) is 2.80. The van der Waals surface area contributed by atoms with Crippen molar-refractivity contribution >= 4 is 23.2 Å². The van der Waals surface area contributed by atoms with Gasteiger partial charge in [-0.2, -0.15) is 9.67 Å². The molecule has 0 N–H and O–H groups in total. The van der Waals surface area contributed by atoms with Crippen LogP contribution in [-0.2, 0) is 0 Å². The maximum atomic E-state index is 6.15. The van der Waals surface area contributed by atoms with Gasteiger partial charge in [-0.1, -0.05) is 23.7 Å². The van der Waals surface area contributed by atoms with E-state index in [-0.39, 0.29) is 5.28 Å². The van der Waals surface area contributed by atoms with E-state index in [0.29, 0.717) is 16.8 Å². The van der Waals surface area contributed by atoms with Crippen LogP contribution in [0.25, 0.3) is 17.3 Å². The molecule has 2 aromatic heterocycles. The molecule has 7 heteroatoms. The van der Waals surface area contributed by atoms with Gasteiger partial charge >= 0.3 is 0 Å². The topological polar surface area (TPSA) is 56.5 Å². The van der Waals surface area contributed by atoms with Crippen molar-refractivity contribution in [2.24, 2.45) is 0 Å². The normalized spacial score (nSPS) is 10.9. The van der Waals surface area contributed by atoms with Crippen LogP contribution in [0.1, 0.15) is 11.4 Å². The second-order valence-corrected chi connectivity index (χ2v) is 5.35. The Morgan fingerprint density at radius 1 is 0.952 bits per heavy atom. The van der Waals surface area contributed by atoms with Crippen molar-refractivity contribution in [3.8, 4) is 17.3 Å². The molecule has 3 aromatic rings. The molecule has 21 heavy (non-hydrogen) atoms. The second kappa shape index (κ2) is 5.42. The lowest BCUT2D eigenvalue weighted by Crippen LogP contribution is -2.05. The monoisotopic (exact) mass is 319 g/mol. The summed E-state index contributed by atoms with van der Waals surface area (Å²) in [5, 5.41) is 5.18. The Bertz CT molecular complexity index is 793. The van der Waals surface area contributed by atoms with E-state index in [9.17, 15) is 0 Å². The van der Waals surface area contributed by atoms with Gasteiger partial charge in [0.25, 0.3) is 5.95 Å². The highest BCUT2D eigenvalue weighted by Gasteiger charge is 2.14. The van der Waals surface area contributed by atoms with Gasteiger partial charge < -0.3 is 0 Å². The van der Waals surface area contributed by atoms with Crippen molar-refractivity contribution in [2.45, 2.75) is 13.8 Å². The Labute approximate surface area is 131 Å². The molecular formula is C14H11Cl2N5. The number of halogens is 2. The maximum Gasteiger partial charge on any atom is 0.253 e. The first-order valence-corrected chi connectivity index (χ1v) is 7.00. The van der Waals surface area contributed by atoms with Crippen LogP contribution in [0.5, 0.6) is 0 Å². The van der Waals surface area contributed by atoms with E-state index in [1.54, 1.807) is 12.1 Å². The molecule has 5 nitrogen and oxygen atoms in total. The summed E-state index contributed by atoms with van der Waals surface area (Å²) in [6.07, 6.45) is 0. The average molecular weight is 320 g/mol. The highest BCUT2D eigenvalue weighted by atomic mass is 35.5. The predicted octanol–water partition coefficient (Wildman–Crippen LogP) is 3.65. The van der Waals surface area contributed by atoms with Gasteiger partial charge in [0, 0.05) is 22.0 Å². The van der Waals surface area contributed by atoms with Gasteiger partial charge in [0.1, 0.15) is 0 Å². The first-order valence-electron chi connectivity index (χ1n) is 6.24. The van der Waals surface area contributed by atoms with Gasteiger partial charge in [-0.15, -0.1) is 5.10 Å². The number of benzene rings is 1. The van der Waals surface area contributed by atoms with E-state index in [0.717, 1.165) is 17.0 Å². The number of nitrogens with zero attached hydrogens (tertiary/aromatic N) is 5. The summed E-state index contributed by atoms with van der Waals surface area (Å²) in [5.74, 6) is 0.878. The number of hydrogen-bond acceptors (Lipinski definition) is 4. The Morgan fingerprint density at radius 2 is 1.67 bits per heavy atom. The fourth-order valence-electron chi connectivity index (χ4n) is 1.97. The van der Waals surface area contributed by atoms with Gasteiger partial charge in [-0.25, -0.2) is 9.97 Å². The largest absolute Gasteiger partial charge is 0.253 e. The van der Waals surface area contributed by atoms with Gasteiger partial charge in [-0.05, 0) is 43.6 Å².